The van der Waals surface area contributed by atoms with Crippen LogP contribution in [0.15, 0.2) is 48.5 Å². The minimum Gasteiger partial charge on any atom is -0.457 e. The Morgan fingerprint density at radius 1 is 1.04 bits per heavy atom. The maximum Gasteiger partial charge on any atom is 0.243 e. The number of aryl methyl sites for hydroxylation is 1. The van der Waals surface area contributed by atoms with Gasteiger partial charge in [-0.1, -0.05) is 24.6 Å². The molecular weight excluding hydrogens is 318 g/mol. The monoisotopic (exact) mass is 341 g/mol. The predicted molar refractivity (Wildman–Crippen MR) is 97.6 cm³/mol. The van der Waals surface area contributed by atoms with Gasteiger partial charge < -0.3 is 21.1 Å². The third-order valence-electron chi connectivity index (χ3n) is 3.56. The fraction of sp³-hybridized carbons (Fsp3) is 0.263. The molecule has 2 aromatic carbocycles. The van der Waals surface area contributed by atoms with E-state index in [1.807, 2.05) is 31.2 Å². The van der Waals surface area contributed by atoms with Crippen molar-refractivity contribution in [3.05, 3.63) is 54.1 Å². The summed E-state index contributed by atoms with van der Waals surface area (Å²) in [6, 6.07) is 13.9. The smallest absolute Gasteiger partial charge is 0.243 e. The molecule has 2 amide bonds. The highest BCUT2D eigenvalue weighted by Gasteiger charge is 2.14. The molecule has 1 atom stereocenters. The molecule has 132 valence electrons. The number of anilines is 1. The molecule has 4 N–H and O–H groups in total. The van der Waals surface area contributed by atoms with Crippen molar-refractivity contribution in [2.45, 2.75) is 26.3 Å². The van der Waals surface area contributed by atoms with Gasteiger partial charge in [-0.25, -0.2) is 0 Å². The minimum atomic E-state index is -0.806. The van der Waals surface area contributed by atoms with Gasteiger partial charge in [-0.3, -0.25) is 9.59 Å². The summed E-state index contributed by atoms with van der Waals surface area (Å²) in [6.45, 7) is 3.86. The van der Waals surface area contributed by atoms with Gasteiger partial charge in [0, 0.05) is 18.7 Å². The zero-order valence-corrected chi connectivity index (χ0v) is 14.4. The molecule has 0 saturated heterocycles. The van der Waals surface area contributed by atoms with Crippen LogP contribution in [0.3, 0.4) is 0 Å². The van der Waals surface area contributed by atoms with Crippen molar-refractivity contribution < 1.29 is 14.3 Å². The highest BCUT2D eigenvalue weighted by molar-refractivity contribution is 5.95. The molecule has 0 aliphatic carbocycles. The molecule has 2 rings (SSSR count). The van der Waals surface area contributed by atoms with E-state index in [0.29, 0.717) is 17.9 Å². The SMILES string of the molecule is CCC(=O)NCC(N)C(=O)Nc1ccc(Oc2ccc(C)cc2)cc1. The summed E-state index contributed by atoms with van der Waals surface area (Å²) >= 11 is 0. The van der Waals surface area contributed by atoms with Crippen LogP contribution in [-0.4, -0.2) is 24.4 Å². The summed E-state index contributed by atoms with van der Waals surface area (Å²) in [4.78, 5) is 23.2. The molecule has 0 aliphatic heterocycles. The first-order chi connectivity index (χ1) is 12.0. The van der Waals surface area contributed by atoms with Crippen LogP contribution in [-0.2, 0) is 9.59 Å². The first-order valence-corrected chi connectivity index (χ1v) is 8.15. The molecule has 25 heavy (non-hydrogen) atoms. The Morgan fingerprint density at radius 2 is 1.60 bits per heavy atom. The van der Waals surface area contributed by atoms with E-state index in [0.717, 1.165) is 11.3 Å². The average Bonchev–Trinajstić information content (AvgIpc) is 2.62. The summed E-state index contributed by atoms with van der Waals surface area (Å²) in [6.07, 6.45) is 0.358. The van der Waals surface area contributed by atoms with Crippen molar-refractivity contribution in [2.75, 3.05) is 11.9 Å². The number of hydrogen-bond acceptors (Lipinski definition) is 4. The summed E-state index contributed by atoms with van der Waals surface area (Å²) in [5, 5.41) is 5.31. The number of nitrogens with two attached hydrogens (primary N) is 1. The normalized spacial score (nSPS) is 11.5. The van der Waals surface area contributed by atoms with E-state index in [1.54, 1.807) is 31.2 Å². The maximum absolute atomic E-state index is 12.0. The second kappa shape index (κ2) is 8.84. The molecule has 6 nitrogen and oxygen atoms in total. The van der Waals surface area contributed by atoms with Gasteiger partial charge in [-0.2, -0.15) is 0 Å². The Labute approximate surface area is 147 Å². The molecule has 0 spiro atoms. The van der Waals surface area contributed by atoms with Gasteiger partial charge in [0.2, 0.25) is 11.8 Å². The van der Waals surface area contributed by atoms with Crippen LogP contribution in [0.4, 0.5) is 5.69 Å². The molecule has 0 heterocycles. The standard InChI is InChI=1S/C19H23N3O3/c1-3-18(23)21-12-17(20)19(24)22-14-6-10-16(11-7-14)25-15-8-4-13(2)5-9-15/h4-11,17H,3,12,20H2,1-2H3,(H,21,23)(H,22,24). The number of hydrogen-bond donors (Lipinski definition) is 3. The van der Waals surface area contributed by atoms with Crippen LogP contribution in [0.5, 0.6) is 11.5 Å². The molecule has 1 unspecified atom stereocenters. The summed E-state index contributed by atoms with van der Waals surface area (Å²) in [5.41, 5.74) is 7.53. The summed E-state index contributed by atoms with van der Waals surface area (Å²) < 4.78 is 5.73. The van der Waals surface area contributed by atoms with Crippen LogP contribution in [0.1, 0.15) is 18.9 Å². The molecule has 2 aromatic rings. The van der Waals surface area contributed by atoms with E-state index >= 15 is 0 Å². The Balaban J connectivity index is 1.87. The molecule has 0 aromatic heterocycles. The lowest BCUT2D eigenvalue weighted by molar-refractivity contribution is -0.121. The highest BCUT2D eigenvalue weighted by atomic mass is 16.5. The largest absolute Gasteiger partial charge is 0.457 e. The van der Waals surface area contributed by atoms with Crippen LogP contribution in [0, 0.1) is 6.92 Å². The second-order valence-corrected chi connectivity index (χ2v) is 5.69. The number of rotatable bonds is 7. The molecule has 0 fully saturated rings. The van der Waals surface area contributed by atoms with Crippen molar-refractivity contribution in [1.82, 2.24) is 5.32 Å². The van der Waals surface area contributed by atoms with Crippen LogP contribution in [0.2, 0.25) is 0 Å². The van der Waals surface area contributed by atoms with E-state index in [2.05, 4.69) is 10.6 Å². The van der Waals surface area contributed by atoms with Crippen molar-refractivity contribution in [3.8, 4) is 11.5 Å². The third kappa shape index (κ3) is 5.93. The van der Waals surface area contributed by atoms with E-state index in [4.69, 9.17) is 10.5 Å². The van der Waals surface area contributed by atoms with Crippen LogP contribution < -0.4 is 21.1 Å². The first kappa shape index (κ1) is 18.5. The van der Waals surface area contributed by atoms with Gasteiger partial charge >= 0.3 is 0 Å². The Kier molecular flexibility index (Phi) is 6.54. The maximum atomic E-state index is 12.0. The predicted octanol–water partition coefficient (Wildman–Crippen LogP) is 2.58. The van der Waals surface area contributed by atoms with Gasteiger partial charge in [-0.05, 0) is 43.3 Å². The van der Waals surface area contributed by atoms with E-state index in [1.165, 1.54) is 0 Å². The lowest BCUT2D eigenvalue weighted by Crippen LogP contribution is -2.45. The topological polar surface area (TPSA) is 93.5 Å². The lowest BCUT2D eigenvalue weighted by atomic mass is 10.2. The van der Waals surface area contributed by atoms with Gasteiger partial charge in [0.05, 0.1) is 0 Å². The van der Waals surface area contributed by atoms with Crippen molar-refractivity contribution in [3.63, 3.8) is 0 Å². The number of nitrogens with one attached hydrogen (secondary N) is 2. The fourth-order valence-electron chi connectivity index (χ4n) is 2.03. The molecule has 0 radical (unpaired) electrons. The highest BCUT2D eigenvalue weighted by Crippen LogP contribution is 2.23. The van der Waals surface area contributed by atoms with E-state index < -0.39 is 6.04 Å². The van der Waals surface area contributed by atoms with E-state index in [-0.39, 0.29) is 18.4 Å². The molecule has 0 saturated carbocycles. The number of amides is 2. The Morgan fingerprint density at radius 3 is 2.16 bits per heavy atom. The quantitative estimate of drug-likeness (QED) is 0.721. The summed E-state index contributed by atoms with van der Waals surface area (Å²) in [7, 11) is 0. The molecule has 0 aliphatic rings. The second-order valence-electron chi connectivity index (χ2n) is 5.69. The lowest BCUT2D eigenvalue weighted by Gasteiger charge is -2.13. The van der Waals surface area contributed by atoms with Crippen molar-refractivity contribution in [1.29, 1.82) is 0 Å². The van der Waals surface area contributed by atoms with Gasteiger partial charge in [0.1, 0.15) is 17.5 Å². The van der Waals surface area contributed by atoms with Gasteiger partial charge in [0.25, 0.3) is 0 Å². The van der Waals surface area contributed by atoms with Gasteiger partial charge in [0.15, 0.2) is 0 Å². The third-order valence-corrected chi connectivity index (χ3v) is 3.56. The average molecular weight is 341 g/mol. The number of carbonyl (C=O) groups excluding carboxylic acids is 2. The van der Waals surface area contributed by atoms with Crippen LogP contribution >= 0.6 is 0 Å². The molecular formula is C19H23N3O3. The summed E-state index contributed by atoms with van der Waals surface area (Å²) in [5.74, 6) is 0.918. The zero-order valence-electron chi connectivity index (χ0n) is 14.4. The minimum absolute atomic E-state index is 0.104. The number of benzene rings is 2. The van der Waals surface area contributed by atoms with Crippen molar-refractivity contribution in [2.24, 2.45) is 5.73 Å². The first-order valence-electron chi connectivity index (χ1n) is 8.15. The fourth-order valence-corrected chi connectivity index (χ4v) is 2.03. The number of carbonyl (C=O) groups is 2. The van der Waals surface area contributed by atoms with Crippen molar-refractivity contribution >= 4 is 17.5 Å². The number of ether oxygens (including phenoxy) is 1. The van der Waals surface area contributed by atoms with Crippen LogP contribution in [0.25, 0.3) is 0 Å². The zero-order chi connectivity index (χ0) is 18.2. The Hall–Kier alpha value is -2.86. The van der Waals surface area contributed by atoms with E-state index in [9.17, 15) is 9.59 Å². The molecule has 0 bridgehead atoms. The Bertz CT molecular complexity index is 712. The molecule has 6 heteroatoms. The van der Waals surface area contributed by atoms with Gasteiger partial charge in [-0.15, -0.1) is 0 Å².